The molecule has 0 unspecified atom stereocenters. The summed E-state index contributed by atoms with van der Waals surface area (Å²) >= 11 is 0.994. The van der Waals surface area contributed by atoms with E-state index >= 15 is 0 Å². The third-order valence-corrected chi connectivity index (χ3v) is 9.09. The first-order valence-corrected chi connectivity index (χ1v) is 12.7. The van der Waals surface area contributed by atoms with Gasteiger partial charge in [0.15, 0.2) is 0 Å². The van der Waals surface area contributed by atoms with E-state index in [2.05, 4.69) is 35.0 Å². The average molecular weight is 438 g/mol. The third kappa shape index (κ3) is 5.16. The Morgan fingerprint density at radius 1 is 1.04 bits per heavy atom. The van der Waals surface area contributed by atoms with Crippen molar-refractivity contribution in [3.8, 4) is 16.2 Å². The van der Waals surface area contributed by atoms with Crippen molar-refractivity contribution in [3.05, 3.63) is 64.0 Å². The lowest BCUT2D eigenvalue weighted by Gasteiger charge is -2.00. The molecular formula is C19H19NO3S4. The zero-order valence-electron chi connectivity index (χ0n) is 14.9. The summed E-state index contributed by atoms with van der Waals surface area (Å²) in [7, 11) is 0.981. The maximum atomic E-state index is 12.4. The molecule has 0 fully saturated rings. The van der Waals surface area contributed by atoms with Gasteiger partial charge < -0.3 is 4.74 Å². The van der Waals surface area contributed by atoms with E-state index in [1.165, 1.54) is 35.1 Å². The maximum Gasteiger partial charge on any atom is 0.292 e. The van der Waals surface area contributed by atoms with Crippen molar-refractivity contribution in [1.82, 2.24) is 0 Å². The van der Waals surface area contributed by atoms with Crippen LogP contribution >= 0.6 is 20.7 Å². The molecule has 0 saturated heterocycles. The lowest BCUT2D eigenvalue weighted by Crippen LogP contribution is -1.95. The molecule has 2 aromatic carbocycles. The highest BCUT2D eigenvalue weighted by atomic mass is 32.9. The first kappa shape index (κ1) is 20.0. The summed E-state index contributed by atoms with van der Waals surface area (Å²) in [5, 5.41) is 0. The lowest BCUT2D eigenvalue weighted by atomic mass is 10.1. The van der Waals surface area contributed by atoms with E-state index in [0.717, 1.165) is 38.3 Å². The van der Waals surface area contributed by atoms with Crippen LogP contribution in [-0.4, -0.2) is 15.5 Å². The van der Waals surface area contributed by atoms with Gasteiger partial charge >= 0.3 is 0 Å². The number of methoxy groups -OCH3 is 1. The van der Waals surface area contributed by atoms with Crippen molar-refractivity contribution in [2.75, 3.05) is 7.11 Å². The third-order valence-electron chi connectivity index (χ3n) is 3.82. The molecule has 0 bridgehead atoms. The number of sulfonamides is 1. The summed E-state index contributed by atoms with van der Waals surface area (Å²) in [6.07, 6.45) is 2.21. The molecule has 0 spiro atoms. The molecule has 0 saturated carbocycles. The van der Waals surface area contributed by atoms with Crippen LogP contribution in [0, 0.1) is 3.82 Å². The summed E-state index contributed by atoms with van der Waals surface area (Å²) in [5.41, 5.74) is 2.47. The molecule has 142 valence electrons. The van der Waals surface area contributed by atoms with Crippen LogP contribution in [0.3, 0.4) is 0 Å². The van der Waals surface area contributed by atoms with Crippen molar-refractivity contribution in [1.29, 1.82) is 0 Å². The highest BCUT2D eigenvalue weighted by molar-refractivity contribution is 7.94. The molecule has 0 atom stereocenters. The van der Waals surface area contributed by atoms with Crippen LogP contribution in [0.5, 0.6) is 5.75 Å². The fraction of sp³-hybridized carbons (Fsp3) is 0.211. The first-order valence-electron chi connectivity index (χ1n) is 8.32. The quantitative estimate of drug-likeness (QED) is 0.371. The fourth-order valence-corrected chi connectivity index (χ4v) is 7.05. The standard InChI is InChI=1S/C19H19NO3S4/c1-3-4-14-5-7-15(8-6-14)18-13-19(26-25-18)24-20-27(21,22)17-11-9-16(23-2)10-12-17/h5-13H,3-4H2,1-2H3. The Labute approximate surface area is 170 Å². The Balaban J connectivity index is 1.86. The predicted octanol–water partition coefficient (Wildman–Crippen LogP) is 5.62. The van der Waals surface area contributed by atoms with E-state index in [1.807, 2.05) is 6.07 Å². The lowest BCUT2D eigenvalue weighted by molar-refractivity contribution is 0.414. The van der Waals surface area contributed by atoms with Gasteiger partial charge in [0.1, 0.15) is 9.57 Å². The Morgan fingerprint density at radius 2 is 1.74 bits per heavy atom. The molecule has 3 rings (SSSR count). The second-order valence-corrected chi connectivity index (χ2v) is 10.9. The summed E-state index contributed by atoms with van der Waals surface area (Å²) < 4.78 is 34.5. The van der Waals surface area contributed by atoms with E-state index in [-0.39, 0.29) is 4.90 Å². The number of aryl methyl sites for hydroxylation is 1. The highest BCUT2D eigenvalue weighted by Gasteiger charge is 2.11. The number of hydrogen-bond acceptors (Lipinski definition) is 5. The van der Waals surface area contributed by atoms with Gasteiger partial charge in [0, 0.05) is 4.88 Å². The molecule has 3 aromatic rings. The van der Waals surface area contributed by atoms with Crippen molar-refractivity contribution in [2.24, 2.45) is 3.77 Å². The second kappa shape index (κ2) is 8.97. The van der Waals surface area contributed by atoms with Crippen LogP contribution in [-0.2, 0) is 27.6 Å². The molecule has 0 aliphatic heterocycles. The van der Waals surface area contributed by atoms with Crippen LogP contribution in [0.15, 0.2) is 63.3 Å². The summed E-state index contributed by atoms with van der Waals surface area (Å²) in [6, 6.07) is 16.7. The van der Waals surface area contributed by atoms with E-state index < -0.39 is 10.0 Å². The minimum absolute atomic E-state index is 0.155. The summed E-state index contributed by atoms with van der Waals surface area (Å²) in [5.74, 6) is 0.608. The Bertz CT molecular complexity index is 1100. The highest BCUT2D eigenvalue weighted by Crippen LogP contribution is 2.29. The summed E-state index contributed by atoms with van der Waals surface area (Å²) in [6.45, 7) is 2.17. The van der Waals surface area contributed by atoms with Crippen LogP contribution < -0.4 is 4.74 Å². The van der Waals surface area contributed by atoms with Crippen molar-refractivity contribution in [3.63, 3.8) is 0 Å². The fourth-order valence-electron chi connectivity index (χ4n) is 2.41. The summed E-state index contributed by atoms with van der Waals surface area (Å²) in [4.78, 5) is 1.27. The number of nitrogens with zero attached hydrogens (tertiary/aromatic N) is 1. The zero-order valence-corrected chi connectivity index (χ0v) is 18.2. The Kier molecular flexibility index (Phi) is 6.64. The first-order chi connectivity index (χ1) is 13.0. The van der Waals surface area contributed by atoms with Gasteiger partial charge in [-0.2, -0.15) is 8.42 Å². The number of ether oxygens (including phenoxy) is 1. The van der Waals surface area contributed by atoms with Gasteiger partial charge in [-0.15, -0.1) is 0 Å². The van der Waals surface area contributed by atoms with E-state index in [4.69, 9.17) is 4.74 Å². The molecule has 0 aliphatic rings. The maximum absolute atomic E-state index is 12.4. The number of benzene rings is 2. The van der Waals surface area contributed by atoms with Gasteiger partial charge in [0.25, 0.3) is 10.0 Å². The van der Waals surface area contributed by atoms with Gasteiger partial charge in [-0.05, 0) is 59.0 Å². The van der Waals surface area contributed by atoms with E-state index in [0.29, 0.717) is 5.75 Å². The van der Waals surface area contributed by atoms with Gasteiger partial charge in [-0.3, -0.25) is 0 Å². The van der Waals surface area contributed by atoms with Crippen molar-refractivity contribution >= 4 is 41.9 Å². The number of rotatable bonds is 6. The van der Waals surface area contributed by atoms with Crippen LogP contribution in [0.1, 0.15) is 18.9 Å². The molecule has 0 radical (unpaired) electrons. The monoisotopic (exact) mass is 437 g/mol. The van der Waals surface area contributed by atoms with E-state index in [1.54, 1.807) is 22.5 Å². The molecule has 27 heavy (non-hydrogen) atoms. The molecule has 0 amide bonds. The second-order valence-electron chi connectivity index (χ2n) is 5.76. The van der Waals surface area contributed by atoms with Crippen molar-refractivity contribution in [2.45, 2.75) is 24.7 Å². The normalized spacial score (nSPS) is 11.2. The van der Waals surface area contributed by atoms with Crippen LogP contribution in [0.25, 0.3) is 10.4 Å². The topological polar surface area (TPSA) is 55.7 Å². The molecule has 0 aliphatic carbocycles. The molecule has 4 nitrogen and oxygen atoms in total. The van der Waals surface area contributed by atoms with Crippen LogP contribution in [0.4, 0.5) is 0 Å². The largest absolute Gasteiger partial charge is 0.497 e. The smallest absolute Gasteiger partial charge is 0.292 e. The van der Waals surface area contributed by atoms with Crippen molar-refractivity contribution < 1.29 is 13.2 Å². The molecular weight excluding hydrogens is 418 g/mol. The van der Waals surface area contributed by atoms with Crippen LogP contribution in [0.2, 0.25) is 0 Å². The molecule has 8 heteroatoms. The van der Waals surface area contributed by atoms with Gasteiger partial charge in [0.05, 0.1) is 12.0 Å². The minimum Gasteiger partial charge on any atom is -0.497 e. The molecule has 0 N–H and O–H groups in total. The van der Waals surface area contributed by atoms with Gasteiger partial charge in [-0.25, -0.2) is 0 Å². The zero-order chi connectivity index (χ0) is 19.3. The van der Waals surface area contributed by atoms with Gasteiger partial charge in [-0.1, -0.05) is 62.1 Å². The van der Waals surface area contributed by atoms with Gasteiger partial charge in [0.2, 0.25) is 0 Å². The molecule has 1 aromatic heterocycles. The van der Waals surface area contributed by atoms with E-state index in [9.17, 15) is 8.42 Å². The SMILES string of the molecule is CCCc1ccc(-c2cc(=S=NS(=O)(=O)c3ccc(OC)cc3)ss2)cc1. The predicted molar refractivity (Wildman–Crippen MR) is 115 cm³/mol. The minimum atomic E-state index is -3.71. The average Bonchev–Trinajstić information content (AvgIpc) is 3.16. The Hall–Kier alpha value is -1.74. The number of hydrogen-bond donors (Lipinski definition) is 0. The molecule has 1 heterocycles. The Morgan fingerprint density at radius 3 is 2.37 bits per heavy atom.